The van der Waals surface area contributed by atoms with Gasteiger partial charge in [0.05, 0.1) is 31.9 Å². The van der Waals surface area contributed by atoms with Crippen LogP contribution in [0.3, 0.4) is 0 Å². The van der Waals surface area contributed by atoms with Crippen molar-refractivity contribution in [2.24, 2.45) is 0 Å². The van der Waals surface area contributed by atoms with Crippen molar-refractivity contribution in [2.45, 2.75) is 18.3 Å². The molecule has 0 radical (unpaired) electrons. The SMILES string of the molecule is C[NH+]1CCC(CNC(=O)c2[nH]c(-c3cccc(Cl)c3)[n+]3ccccc23)(c2ccccc2)CC1. The van der Waals surface area contributed by atoms with E-state index in [1.54, 1.807) is 4.90 Å². The third kappa shape index (κ3) is 4.26. The number of H-pyrrole nitrogens is 1. The van der Waals surface area contributed by atoms with Gasteiger partial charge in [-0.3, -0.25) is 4.79 Å². The average molecular weight is 461 g/mol. The van der Waals surface area contributed by atoms with Crippen LogP contribution in [0, 0.1) is 0 Å². The fraction of sp³-hybridized carbons (Fsp3) is 0.259. The van der Waals surface area contributed by atoms with Crippen LogP contribution in [0.4, 0.5) is 0 Å². The minimum atomic E-state index is -0.0893. The first-order valence-electron chi connectivity index (χ1n) is 11.5. The Morgan fingerprint density at radius 3 is 2.58 bits per heavy atom. The van der Waals surface area contributed by atoms with Crippen LogP contribution in [0.1, 0.15) is 28.9 Å². The van der Waals surface area contributed by atoms with E-state index in [0.29, 0.717) is 17.3 Å². The van der Waals surface area contributed by atoms with Gasteiger partial charge >= 0.3 is 0 Å². The van der Waals surface area contributed by atoms with Gasteiger partial charge in [-0.05, 0) is 35.9 Å². The molecule has 0 unspecified atom stereocenters. The molecule has 1 saturated heterocycles. The number of fused-ring (bicyclic) bond motifs is 1. The van der Waals surface area contributed by atoms with Crippen LogP contribution in [-0.2, 0) is 5.41 Å². The summed E-state index contributed by atoms with van der Waals surface area (Å²) in [6.45, 7) is 2.82. The van der Waals surface area contributed by atoms with Crippen LogP contribution >= 0.6 is 11.6 Å². The fourth-order valence-corrected chi connectivity index (χ4v) is 5.15. The molecule has 168 valence electrons. The molecule has 0 saturated carbocycles. The maximum atomic E-state index is 13.5. The quantitative estimate of drug-likeness (QED) is 0.394. The van der Waals surface area contributed by atoms with Crippen molar-refractivity contribution in [1.29, 1.82) is 0 Å². The number of benzene rings is 2. The summed E-state index contributed by atoms with van der Waals surface area (Å²) in [5.41, 5.74) is 3.60. The molecule has 1 fully saturated rings. The number of nitrogens with zero attached hydrogens (tertiary/aromatic N) is 1. The molecular weight excluding hydrogens is 432 g/mol. The molecule has 2 aromatic carbocycles. The zero-order valence-corrected chi connectivity index (χ0v) is 19.5. The van der Waals surface area contributed by atoms with E-state index in [2.05, 4.69) is 47.7 Å². The van der Waals surface area contributed by atoms with Crippen molar-refractivity contribution in [3.8, 4) is 11.4 Å². The number of nitrogens with one attached hydrogen (secondary N) is 3. The van der Waals surface area contributed by atoms with Gasteiger partial charge < -0.3 is 10.2 Å². The van der Waals surface area contributed by atoms with Gasteiger partial charge in [0.1, 0.15) is 0 Å². The Morgan fingerprint density at radius 2 is 1.82 bits per heavy atom. The number of aromatic amines is 1. The number of likely N-dealkylation sites (tertiary alicyclic amines) is 1. The van der Waals surface area contributed by atoms with E-state index < -0.39 is 0 Å². The summed E-state index contributed by atoms with van der Waals surface area (Å²) >= 11 is 6.23. The molecular formula is C27H29ClN4O+2. The number of aromatic nitrogens is 2. The zero-order valence-electron chi connectivity index (χ0n) is 18.8. The van der Waals surface area contributed by atoms with Gasteiger partial charge in [0.2, 0.25) is 5.69 Å². The van der Waals surface area contributed by atoms with E-state index in [1.165, 1.54) is 5.56 Å². The molecule has 5 nitrogen and oxygen atoms in total. The Kier molecular flexibility index (Phi) is 5.92. The highest BCUT2D eigenvalue weighted by atomic mass is 35.5. The lowest BCUT2D eigenvalue weighted by Crippen LogP contribution is -3.10. The van der Waals surface area contributed by atoms with Crippen molar-refractivity contribution in [3.63, 3.8) is 0 Å². The Morgan fingerprint density at radius 1 is 1.06 bits per heavy atom. The highest BCUT2D eigenvalue weighted by Gasteiger charge is 2.38. The van der Waals surface area contributed by atoms with Gasteiger partial charge in [-0.25, -0.2) is 4.98 Å². The van der Waals surface area contributed by atoms with Gasteiger partial charge in [-0.1, -0.05) is 54.1 Å². The number of pyridine rings is 1. The normalized spacial score (nSPS) is 20.6. The Hall–Kier alpha value is -3.15. The van der Waals surface area contributed by atoms with E-state index in [4.69, 9.17) is 11.6 Å². The molecule has 6 heteroatoms. The standard InChI is InChI=1S/C27H27ClN4O/c1-31-16-13-27(14-17-31,21-9-3-2-4-10-21)19-29-26(33)24-23-12-5-6-15-32(23)25(30-24)20-8-7-11-22(28)18-20/h2-12,15,18H,13-14,16-17,19H2,1H3,(H,29,33)/p+2. The van der Waals surface area contributed by atoms with Crippen LogP contribution in [-0.4, -0.2) is 37.6 Å². The summed E-state index contributed by atoms with van der Waals surface area (Å²) in [5, 5.41) is 3.93. The summed E-state index contributed by atoms with van der Waals surface area (Å²) in [7, 11) is 2.24. The maximum Gasteiger partial charge on any atom is 0.295 e. The smallest absolute Gasteiger partial charge is 0.295 e. The lowest BCUT2D eigenvalue weighted by Gasteiger charge is -2.39. The molecule has 1 aliphatic heterocycles. The number of hydrogen-bond acceptors (Lipinski definition) is 1. The van der Waals surface area contributed by atoms with Crippen LogP contribution in [0.25, 0.3) is 16.9 Å². The summed E-state index contributed by atoms with van der Waals surface area (Å²) in [6.07, 6.45) is 4.07. The average Bonchev–Trinajstić information content (AvgIpc) is 3.24. The van der Waals surface area contributed by atoms with Crippen LogP contribution < -0.4 is 14.6 Å². The lowest BCUT2D eigenvalue weighted by molar-refractivity contribution is -0.886. The Bertz CT molecular complexity index is 1280. The molecule has 3 heterocycles. The topological polar surface area (TPSA) is 53.4 Å². The third-order valence-electron chi connectivity index (χ3n) is 6.96. The number of piperidine rings is 1. The third-order valence-corrected chi connectivity index (χ3v) is 7.19. The first-order valence-corrected chi connectivity index (χ1v) is 11.9. The van der Waals surface area contributed by atoms with Gasteiger partial charge in [-0.15, -0.1) is 0 Å². The summed E-state index contributed by atoms with van der Waals surface area (Å²) in [6, 6.07) is 24.2. The second kappa shape index (κ2) is 9.00. The van der Waals surface area contributed by atoms with Crippen LogP contribution in [0.5, 0.6) is 0 Å². The van der Waals surface area contributed by atoms with Crippen molar-refractivity contribution in [1.82, 2.24) is 10.3 Å². The van der Waals surface area contributed by atoms with E-state index in [9.17, 15) is 4.79 Å². The summed E-state index contributed by atoms with van der Waals surface area (Å²) in [4.78, 5) is 18.4. The highest BCUT2D eigenvalue weighted by Crippen LogP contribution is 2.32. The zero-order chi connectivity index (χ0) is 22.8. The second-order valence-electron chi connectivity index (χ2n) is 9.10. The molecule has 3 N–H and O–H groups in total. The predicted octanol–water partition coefficient (Wildman–Crippen LogP) is 3.05. The fourth-order valence-electron chi connectivity index (χ4n) is 4.96. The number of amides is 1. The first-order chi connectivity index (χ1) is 16.1. The number of carbonyl (C=O) groups is 1. The number of halogens is 1. The second-order valence-corrected chi connectivity index (χ2v) is 9.54. The van der Waals surface area contributed by atoms with Gasteiger partial charge in [-0.2, -0.15) is 4.40 Å². The summed E-state index contributed by atoms with van der Waals surface area (Å²) < 4.78 is 2.01. The number of rotatable bonds is 5. The monoisotopic (exact) mass is 460 g/mol. The van der Waals surface area contributed by atoms with E-state index in [-0.39, 0.29) is 11.3 Å². The molecule has 4 aromatic rings. The molecule has 0 spiro atoms. The predicted molar refractivity (Wildman–Crippen MR) is 131 cm³/mol. The van der Waals surface area contributed by atoms with E-state index in [1.807, 2.05) is 53.1 Å². The van der Waals surface area contributed by atoms with Gasteiger partial charge in [0.25, 0.3) is 11.7 Å². The molecule has 2 aromatic heterocycles. The van der Waals surface area contributed by atoms with Crippen LogP contribution in [0.15, 0.2) is 79.0 Å². The first kappa shape index (κ1) is 21.7. The molecule has 1 amide bonds. The molecule has 33 heavy (non-hydrogen) atoms. The minimum Gasteiger partial charge on any atom is -0.348 e. The number of carbonyl (C=O) groups excluding carboxylic acids is 1. The van der Waals surface area contributed by atoms with Crippen molar-refractivity contribution in [3.05, 3.63) is 95.3 Å². The van der Waals surface area contributed by atoms with Gasteiger partial charge in [0.15, 0.2) is 5.52 Å². The van der Waals surface area contributed by atoms with E-state index >= 15 is 0 Å². The molecule has 1 aliphatic rings. The largest absolute Gasteiger partial charge is 0.348 e. The Balaban J connectivity index is 1.46. The number of hydrogen-bond donors (Lipinski definition) is 3. The van der Waals surface area contributed by atoms with Gasteiger partial charge in [0, 0.05) is 29.8 Å². The minimum absolute atomic E-state index is 0.0399. The van der Waals surface area contributed by atoms with Crippen molar-refractivity contribution >= 4 is 23.0 Å². The molecule has 0 bridgehead atoms. The lowest BCUT2D eigenvalue weighted by atomic mass is 9.72. The van der Waals surface area contributed by atoms with Crippen LogP contribution in [0.2, 0.25) is 5.02 Å². The Labute approximate surface area is 199 Å². The molecule has 0 aliphatic carbocycles. The van der Waals surface area contributed by atoms with Crippen molar-refractivity contribution in [2.75, 3.05) is 26.7 Å². The highest BCUT2D eigenvalue weighted by molar-refractivity contribution is 6.30. The van der Waals surface area contributed by atoms with E-state index in [0.717, 1.165) is 42.8 Å². The molecule has 5 rings (SSSR count). The maximum absolute atomic E-state index is 13.5. The molecule has 0 atom stereocenters. The summed E-state index contributed by atoms with van der Waals surface area (Å²) in [5.74, 6) is 0.743. The number of imidazole rings is 1. The number of quaternary nitrogens is 1. The van der Waals surface area contributed by atoms with Crippen molar-refractivity contribution < 1.29 is 14.1 Å².